The van der Waals surface area contributed by atoms with Gasteiger partial charge in [0, 0.05) is 13.1 Å². The number of unbranched alkanes of at least 4 members (excludes halogenated alkanes) is 10. The highest BCUT2D eigenvalue weighted by molar-refractivity contribution is 5.72. The van der Waals surface area contributed by atoms with Gasteiger partial charge in [-0.05, 0) is 105 Å². The summed E-state index contributed by atoms with van der Waals surface area (Å²) in [5.74, 6) is 0.00537. The minimum atomic E-state index is -0.260. The van der Waals surface area contributed by atoms with Crippen LogP contribution in [0.3, 0.4) is 0 Å². The van der Waals surface area contributed by atoms with Gasteiger partial charge in [-0.1, -0.05) is 105 Å². The van der Waals surface area contributed by atoms with Crippen LogP contribution in [0.1, 0.15) is 169 Å². The summed E-state index contributed by atoms with van der Waals surface area (Å²) in [4.78, 5) is 44.7. The molecular formula is C42H83N3O6. The predicted octanol–water partition coefficient (Wildman–Crippen LogP) is 9.90. The molecule has 0 aromatic rings. The summed E-state index contributed by atoms with van der Waals surface area (Å²) in [6.45, 7) is 14.0. The van der Waals surface area contributed by atoms with Crippen molar-refractivity contribution in [3.63, 3.8) is 0 Å². The number of rotatable bonds is 36. The molecular weight excluding hydrogens is 642 g/mol. The number of hydrogen-bond donors (Lipinski definition) is 0. The van der Waals surface area contributed by atoms with Crippen LogP contribution >= 0.6 is 0 Å². The van der Waals surface area contributed by atoms with Crippen LogP contribution in [0.25, 0.3) is 0 Å². The maximum atomic E-state index is 13.0. The molecule has 0 aliphatic rings. The van der Waals surface area contributed by atoms with Gasteiger partial charge in [0.25, 0.3) is 0 Å². The van der Waals surface area contributed by atoms with Gasteiger partial charge in [0.2, 0.25) is 0 Å². The van der Waals surface area contributed by atoms with E-state index in [-0.39, 0.29) is 29.9 Å². The van der Waals surface area contributed by atoms with Crippen LogP contribution in [0.15, 0.2) is 0 Å². The molecule has 1 amide bonds. The number of nitrogens with zero attached hydrogens (tertiary/aromatic N) is 3. The molecule has 0 aromatic carbocycles. The molecule has 0 bridgehead atoms. The highest BCUT2D eigenvalue weighted by Crippen LogP contribution is 2.20. The summed E-state index contributed by atoms with van der Waals surface area (Å²) in [7, 11) is 6.20. The third-order valence-corrected chi connectivity index (χ3v) is 9.74. The van der Waals surface area contributed by atoms with Crippen LogP contribution in [0.4, 0.5) is 4.79 Å². The van der Waals surface area contributed by atoms with E-state index in [0.29, 0.717) is 45.8 Å². The summed E-state index contributed by atoms with van der Waals surface area (Å²) in [5, 5.41) is 0. The Bertz CT molecular complexity index is 826. The molecule has 0 radical (unpaired) electrons. The minimum absolute atomic E-state index is 0.00238. The molecule has 0 N–H and O–H groups in total. The summed E-state index contributed by atoms with van der Waals surface area (Å²) >= 11 is 0. The molecule has 302 valence electrons. The Labute approximate surface area is 315 Å². The summed E-state index contributed by atoms with van der Waals surface area (Å²) in [6, 6.07) is 0. The first kappa shape index (κ1) is 49.1. The SMILES string of the molecule is CCCCCCC(CCCC)C(=O)OCCCCOC(=O)N(CCCN(C)C)CCCN(C)CCCCOC(=O)C(CCCC)CCCCCC. The number of amides is 1. The second-order valence-electron chi connectivity index (χ2n) is 15.0. The Morgan fingerprint density at radius 1 is 0.431 bits per heavy atom. The molecule has 0 saturated heterocycles. The van der Waals surface area contributed by atoms with E-state index in [2.05, 4.69) is 44.5 Å². The van der Waals surface area contributed by atoms with Gasteiger partial charge in [0.15, 0.2) is 0 Å². The maximum absolute atomic E-state index is 13.0. The van der Waals surface area contributed by atoms with Gasteiger partial charge >= 0.3 is 18.0 Å². The second kappa shape index (κ2) is 35.2. The Morgan fingerprint density at radius 2 is 0.843 bits per heavy atom. The average molecular weight is 726 g/mol. The van der Waals surface area contributed by atoms with Crippen molar-refractivity contribution in [3.05, 3.63) is 0 Å². The molecule has 51 heavy (non-hydrogen) atoms. The van der Waals surface area contributed by atoms with Crippen molar-refractivity contribution in [2.24, 2.45) is 11.8 Å². The second-order valence-corrected chi connectivity index (χ2v) is 15.0. The number of hydrogen-bond acceptors (Lipinski definition) is 8. The average Bonchev–Trinajstić information content (AvgIpc) is 3.11. The van der Waals surface area contributed by atoms with Crippen LogP contribution in [0, 0.1) is 11.8 Å². The third kappa shape index (κ3) is 29.3. The first-order chi connectivity index (χ1) is 24.7. The molecule has 9 heteroatoms. The van der Waals surface area contributed by atoms with Crippen molar-refractivity contribution in [2.75, 3.05) is 73.7 Å². The zero-order valence-corrected chi connectivity index (χ0v) is 34.7. The normalized spacial score (nSPS) is 12.6. The fourth-order valence-corrected chi connectivity index (χ4v) is 6.33. The van der Waals surface area contributed by atoms with Gasteiger partial charge in [-0.25, -0.2) is 4.79 Å². The van der Waals surface area contributed by atoms with Crippen molar-refractivity contribution < 1.29 is 28.6 Å². The molecule has 2 unspecified atom stereocenters. The lowest BCUT2D eigenvalue weighted by Gasteiger charge is -2.24. The van der Waals surface area contributed by atoms with Crippen LogP contribution in [-0.4, -0.2) is 106 Å². The smallest absolute Gasteiger partial charge is 0.409 e. The van der Waals surface area contributed by atoms with Crippen LogP contribution < -0.4 is 0 Å². The Kier molecular flexibility index (Phi) is 33.9. The highest BCUT2D eigenvalue weighted by atomic mass is 16.6. The molecule has 0 aliphatic carbocycles. The fraction of sp³-hybridized carbons (Fsp3) is 0.929. The molecule has 0 heterocycles. The number of esters is 2. The number of ether oxygens (including phenoxy) is 3. The molecule has 0 saturated carbocycles. The third-order valence-electron chi connectivity index (χ3n) is 9.74. The predicted molar refractivity (Wildman–Crippen MR) is 212 cm³/mol. The van der Waals surface area contributed by atoms with E-state index in [1.165, 1.54) is 38.5 Å². The zero-order chi connectivity index (χ0) is 38.0. The van der Waals surface area contributed by atoms with Gasteiger partial charge < -0.3 is 28.9 Å². The van der Waals surface area contributed by atoms with E-state index in [1.54, 1.807) is 0 Å². The van der Waals surface area contributed by atoms with E-state index in [0.717, 1.165) is 110 Å². The molecule has 0 aliphatic heterocycles. The van der Waals surface area contributed by atoms with E-state index < -0.39 is 0 Å². The maximum Gasteiger partial charge on any atom is 0.409 e. The standard InChI is InChI=1S/C42H83N3O6/c1-8-12-16-18-28-38(26-14-10-3)40(46)49-35-21-20-31-44(7)32-25-34-45(33-24-30-43(5)6)42(48)51-37-23-22-36-50-41(47)39(27-15-11-4)29-19-17-13-9-2/h38-39H,8-37H2,1-7H3. The lowest BCUT2D eigenvalue weighted by Crippen LogP contribution is -2.36. The highest BCUT2D eigenvalue weighted by Gasteiger charge is 2.20. The largest absolute Gasteiger partial charge is 0.465 e. The number of carbonyl (C=O) groups excluding carboxylic acids is 3. The minimum Gasteiger partial charge on any atom is -0.465 e. The molecule has 0 aromatic heterocycles. The number of carbonyl (C=O) groups is 3. The molecule has 0 fully saturated rings. The summed E-state index contributed by atoms with van der Waals surface area (Å²) in [6.07, 6.45) is 22.2. The monoisotopic (exact) mass is 726 g/mol. The Balaban J connectivity index is 4.47. The van der Waals surface area contributed by atoms with Gasteiger partial charge in [0.05, 0.1) is 31.7 Å². The lowest BCUT2D eigenvalue weighted by atomic mass is 9.95. The molecule has 9 nitrogen and oxygen atoms in total. The van der Waals surface area contributed by atoms with Crippen LogP contribution in [-0.2, 0) is 23.8 Å². The quantitative estimate of drug-likeness (QED) is 0.0358. The van der Waals surface area contributed by atoms with E-state index in [4.69, 9.17) is 14.2 Å². The molecule has 0 rings (SSSR count). The van der Waals surface area contributed by atoms with E-state index in [1.807, 2.05) is 19.0 Å². The summed E-state index contributed by atoms with van der Waals surface area (Å²) < 4.78 is 17.0. The van der Waals surface area contributed by atoms with Gasteiger partial charge in [0.1, 0.15) is 0 Å². The van der Waals surface area contributed by atoms with E-state index in [9.17, 15) is 14.4 Å². The van der Waals surface area contributed by atoms with E-state index >= 15 is 0 Å². The Morgan fingerprint density at radius 3 is 1.31 bits per heavy atom. The summed E-state index contributed by atoms with van der Waals surface area (Å²) in [5.41, 5.74) is 0. The van der Waals surface area contributed by atoms with Gasteiger partial charge in [-0.3, -0.25) is 9.59 Å². The fourth-order valence-electron chi connectivity index (χ4n) is 6.33. The van der Waals surface area contributed by atoms with Gasteiger partial charge in [-0.2, -0.15) is 0 Å². The Hall–Kier alpha value is -1.87. The van der Waals surface area contributed by atoms with Crippen molar-refractivity contribution in [3.8, 4) is 0 Å². The van der Waals surface area contributed by atoms with Crippen molar-refractivity contribution in [2.45, 2.75) is 169 Å². The van der Waals surface area contributed by atoms with Crippen molar-refractivity contribution in [1.82, 2.24) is 14.7 Å². The first-order valence-electron chi connectivity index (χ1n) is 21.3. The molecule has 0 spiro atoms. The first-order valence-corrected chi connectivity index (χ1v) is 21.3. The zero-order valence-electron chi connectivity index (χ0n) is 34.7. The van der Waals surface area contributed by atoms with Crippen molar-refractivity contribution in [1.29, 1.82) is 0 Å². The van der Waals surface area contributed by atoms with Crippen LogP contribution in [0.5, 0.6) is 0 Å². The topological polar surface area (TPSA) is 88.6 Å². The van der Waals surface area contributed by atoms with Gasteiger partial charge in [-0.15, -0.1) is 0 Å². The van der Waals surface area contributed by atoms with Crippen LogP contribution in [0.2, 0.25) is 0 Å². The lowest BCUT2D eigenvalue weighted by molar-refractivity contribution is -0.150. The molecule has 2 atom stereocenters. The van der Waals surface area contributed by atoms with Crippen molar-refractivity contribution >= 4 is 18.0 Å².